The molecule has 0 N–H and O–H groups in total. The summed E-state index contributed by atoms with van der Waals surface area (Å²) in [6.45, 7) is 2.27. The van der Waals surface area contributed by atoms with Crippen molar-refractivity contribution in [1.29, 1.82) is 0 Å². The maximum absolute atomic E-state index is 12.0. The Morgan fingerprint density at radius 1 is 0.963 bits per heavy atom. The van der Waals surface area contributed by atoms with Crippen LogP contribution in [0, 0.1) is 0 Å². The summed E-state index contributed by atoms with van der Waals surface area (Å²) in [5.74, 6) is 1.39. The van der Waals surface area contributed by atoms with Crippen LogP contribution in [0.25, 0.3) is 0 Å². The van der Waals surface area contributed by atoms with Crippen molar-refractivity contribution in [2.24, 2.45) is 0 Å². The van der Waals surface area contributed by atoms with Gasteiger partial charge in [0.15, 0.2) is 17.3 Å². The monoisotopic (exact) mass is 376 g/mol. The molecular formula is C22H32O5. The van der Waals surface area contributed by atoms with E-state index in [1.54, 1.807) is 20.3 Å². The van der Waals surface area contributed by atoms with E-state index in [-0.39, 0.29) is 11.8 Å². The number of ether oxygens (including phenoxy) is 3. The van der Waals surface area contributed by atoms with Crippen LogP contribution < -0.4 is 9.47 Å². The number of benzene rings is 1. The average molecular weight is 376 g/mol. The number of unbranched alkanes of at least 4 members (excludes halogenated alkanes) is 4. The summed E-state index contributed by atoms with van der Waals surface area (Å²) in [5.41, 5.74) is 1.05. The molecule has 0 saturated heterocycles. The number of carbonyl (C=O) groups excluding carboxylic acids is 2. The molecule has 27 heavy (non-hydrogen) atoms. The SMILES string of the molecule is CCOC(=O)CCCCCC/C=C/C(=O)CCc1ccc(OC)c(OC)c1. The van der Waals surface area contributed by atoms with Crippen molar-refractivity contribution in [3.63, 3.8) is 0 Å². The lowest BCUT2D eigenvalue weighted by atomic mass is 10.1. The molecule has 0 radical (unpaired) electrons. The van der Waals surface area contributed by atoms with E-state index < -0.39 is 0 Å². The molecule has 0 saturated carbocycles. The van der Waals surface area contributed by atoms with Crippen LogP contribution >= 0.6 is 0 Å². The second kappa shape index (κ2) is 13.8. The van der Waals surface area contributed by atoms with Crippen LogP contribution in [-0.2, 0) is 20.7 Å². The molecule has 0 heterocycles. The number of aryl methyl sites for hydroxylation is 1. The molecule has 0 fully saturated rings. The summed E-state index contributed by atoms with van der Waals surface area (Å²) in [5, 5.41) is 0. The number of allylic oxidation sites excluding steroid dienone is 2. The first-order chi connectivity index (χ1) is 13.1. The number of methoxy groups -OCH3 is 2. The zero-order valence-corrected chi connectivity index (χ0v) is 16.8. The Labute approximate surface area is 162 Å². The Balaban J connectivity index is 2.17. The number of hydrogen-bond acceptors (Lipinski definition) is 5. The van der Waals surface area contributed by atoms with Gasteiger partial charge < -0.3 is 14.2 Å². The Hall–Kier alpha value is -2.30. The molecule has 0 bridgehead atoms. The standard InChI is InChI=1S/C22H32O5/c1-4-27-22(24)12-10-8-6-5-7-9-11-19(23)15-13-18-14-16-20(25-2)21(17-18)26-3/h9,11,14,16-17H,4-8,10,12-13,15H2,1-3H3/b11-9+. The summed E-state index contributed by atoms with van der Waals surface area (Å²) in [7, 11) is 3.21. The lowest BCUT2D eigenvalue weighted by Gasteiger charge is -2.09. The molecule has 0 aliphatic heterocycles. The highest BCUT2D eigenvalue weighted by Gasteiger charge is 2.06. The molecule has 1 aromatic carbocycles. The minimum atomic E-state index is -0.113. The molecule has 0 amide bonds. The number of rotatable bonds is 14. The van der Waals surface area contributed by atoms with Gasteiger partial charge >= 0.3 is 5.97 Å². The van der Waals surface area contributed by atoms with Gasteiger partial charge in [0.1, 0.15) is 0 Å². The van der Waals surface area contributed by atoms with E-state index in [4.69, 9.17) is 14.2 Å². The van der Waals surface area contributed by atoms with E-state index in [1.807, 2.05) is 31.2 Å². The van der Waals surface area contributed by atoms with Crippen LogP contribution in [-0.4, -0.2) is 32.6 Å². The molecule has 150 valence electrons. The summed E-state index contributed by atoms with van der Waals surface area (Å²) >= 11 is 0. The third-order valence-electron chi connectivity index (χ3n) is 4.22. The first-order valence-electron chi connectivity index (χ1n) is 9.66. The van der Waals surface area contributed by atoms with Crippen LogP contribution in [0.3, 0.4) is 0 Å². The zero-order chi connectivity index (χ0) is 19.9. The highest BCUT2D eigenvalue weighted by molar-refractivity contribution is 5.89. The average Bonchev–Trinajstić information content (AvgIpc) is 2.68. The van der Waals surface area contributed by atoms with Gasteiger partial charge in [-0.3, -0.25) is 9.59 Å². The Morgan fingerprint density at radius 2 is 1.70 bits per heavy atom. The van der Waals surface area contributed by atoms with E-state index in [0.717, 1.165) is 37.7 Å². The molecule has 5 nitrogen and oxygen atoms in total. The number of esters is 1. The van der Waals surface area contributed by atoms with E-state index >= 15 is 0 Å². The van der Waals surface area contributed by atoms with Crippen LogP contribution in [0.1, 0.15) is 57.4 Å². The van der Waals surface area contributed by atoms with E-state index in [9.17, 15) is 9.59 Å². The highest BCUT2D eigenvalue weighted by Crippen LogP contribution is 2.27. The largest absolute Gasteiger partial charge is 0.493 e. The molecule has 1 rings (SSSR count). The summed E-state index contributed by atoms with van der Waals surface area (Å²) in [4.78, 5) is 23.2. The van der Waals surface area contributed by atoms with Crippen molar-refractivity contribution in [1.82, 2.24) is 0 Å². The summed E-state index contributed by atoms with van der Waals surface area (Å²) < 4.78 is 15.4. The van der Waals surface area contributed by atoms with Gasteiger partial charge in [0.25, 0.3) is 0 Å². The fraction of sp³-hybridized carbons (Fsp3) is 0.545. The molecule has 0 aliphatic rings. The number of ketones is 1. The Bertz CT molecular complexity index is 607. The lowest BCUT2D eigenvalue weighted by molar-refractivity contribution is -0.143. The van der Waals surface area contributed by atoms with Gasteiger partial charge in [0.2, 0.25) is 0 Å². The van der Waals surface area contributed by atoms with Gasteiger partial charge in [0, 0.05) is 12.8 Å². The smallest absolute Gasteiger partial charge is 0.305 e. The molecule has 5 heteroatoms. The van der Waals surface area contributed by atoms with Crippen LogP contribution in [0.15, 0.2) is 30.4 Å². The summed E-state index contributed by atoms with van der Waals surface area (Å²) in [6.07, 6.45) is 10.1. The third-order valence-corrected chi connectivity index (χ3v) is 4.22. The maximum Gasteiger partial charge on any atom is 0.305 e. The zero-order valence-electron chi connectivity index (χ0n) is 16.8. The van der Waals surface area contributed by atoms with Gasteiger partial charge in [-0.1, -0.05) is 25.0 Å². The lowest BCUT2D eigenvalue weighted by Crippen LogP contribution is -2.03. The fourth-order valence-electron chi connectivity index (χ4n) is 2.72. The molecule has 1 aromatic rings. The van der Waals surface area contributed by atoms with E-state index in [2.05, 4.69) is 0 Å². The molecule has 0 aromatic heterocycles. The Kier molecular flexibility index (Phi) is 11.7. The first-order valence-corrected chi connectivity index (χ1v) is 9.66. The fourth-order valence-corrected chi connectivity index (χ4v) is 2.72. The van der Waals surface area contributed by atoms with Crippen molar-refractivity contribution in [2.45, 2.75) is 58.3 Å². The third kappa shape index (κ3) is 9.83. The van der Waals surface area contributed by atoms with Crippen molar-refractivity contribution in [3.05, 3.63) is 35.9 Å². The Morgan fingerprint density at radius 3 is 2.41 bits per heavy atom. The molecular weight excluding hydrogens is 344 g/mol. The minimum absolute atomic E-state index is 0.113. The van der Waals surface area contributed by atoms with Crippen LogP contribution in [0.4, 0.5) is 0 Å². The second-order valence-corrected chi connectivity index (χ2v) is 6.32. The molecule has 0 atom stereocenters. The molecule has 0 spiro atoms. The topological polar surface area (TPSA) is 61.8 Å². The molecule has 0 unspecified atom stereocenters. The quantitative estimate of drug-likeness (QED) is 0.268. The van der Waals surface area contributed by atoms with Gasteiger partial charge in [-0.25, -0.2) is 0 Å². The van der Waals surface area contributed by atoms with Crippen molar-refractivity contribution in [2.75, 3.05) is 20.8 Å². The minimum Gasteiger partial charge on any atom is -0.493 e. The van der Waals surface area contributed by atoms with Crippen molar-refractivity contribution >= 4 is 11.8 Å². The van der Waals surface area contributed by atoms with Gasteiger partial charge in [-0.05, 0) is 56.4 Å². The summed E-state index contributed by atoms with van der Waals surface area (Å²) in [6, 6.07) is 5.72. The highest BCUT2D eigenvalue weighted by atomic mass is 16.5. The molecule has 0 aliphatic carbocycles. The van der Waals surface area contributed by atoms with E-state index in [0.29, 0.717) is 37.4 Å². The van der Waals surface area contributed by atoms with Crippen LogP contribution in [0.5, 0.6) is 11.5 Å². The maximum atomic E-state index is 12.0. The van der Waals surface area contributed by atoms with Crippen molar-refractivity contribution in [3.8, 4) is 11.5 Å². The predicted octanol–water partition coefficient (Wildman–Crippen LogP) is 4.67. The van der Waals surface area contributed by atoms with E-state index in [1.165, 1.54) is 0 Å². The van der Waals surface area contributed by atoms with Gasteiger partial charge in [-0.2, -0.15) is 0 Å². The first kappa shape index (κ1) is 22.7. The number of hydrogen-bond donors (Lipinski definition) is 0. The van der Waals surface area contributed by atoms with Crippen molar-refractivity contribution < 1.29 is 23.8 Å². The number of carbonyl (C=O) groups is 2. The second-order valence-electron chi connectivity index (χ2n) is 6.32. The predicted molar refractivity (Wildman–Crippen MR) is 106 cm³/mol. The van der Waals surface area contributed by atoms with Gasteiger partial charge in [-0.15, -0.1) is 0 Å². The van der Waals surface area contributed by atoms with Crippen LogP contribution in [0.2, 0.25) is 0 Å². The normalized spacial score (nSPS) is 10.8. The van der Waals surface area contributed by atoms with Gasteiger partial charge in [0.05, 0.1) is 20.8 Å².